The molecule has 0 saturated heterocycles. The predicted octanol–water partition coefficient (Wildman–Crippen LogP) is 0.882. The number of pyridine rings is 1. The van der Waals surface area contributed by atoms with Gasteiger partial charge < -0.3 is 10.3 Å². The molecule has 0 unspecified atom stereocenters. The van der Waals surface area contributed by atoms with Crippen molar-refractivity contribution in [2.45, 2.75) is 39.2 Å². The summed E-state index contributed by atoms with van der Waals surface area (Å²) < 4.78 is 0. The summed E-state index contributed by atoms with van der Waals surface area (Å²) >= 11 is 0. The van der Waals surface area contributed by atoms with Crippen LogP contribution in [0.1, 0.15) is 51.8 Å². The third kappa shape index (κ3) is 2.81. The Hall–Kier alpha value is -2.70. The van der Waals surface area contributed by atoms with Crippen molar-refractivity contribution in [1.29, 1.82) is 0 Å². The van der Waals surface area contributed by atoms with E-state index in [-0.39, 0.29) is 17.2 Å². The lowest BCUT2D eigenvalue weighted by Crippen LogP contribution is -2.36. The first kappa shape index (κ1) is 15.2. The minimum atomic E-state index is -0.497. The molecule has 2 aromatic heterocycles. The van der Waals surface area contributed by atoms with Gasteiger partial charge in [0, 0.05) is 11.8 Å². The smallest absolute Gasteiger partial charge is 0.277 e. The van der Waals surface area contributed by atoms with Crippen LogP contribution < -0.4 is 16.4 Å². The molecule has 23 heavy (non-hydrogen) atoms. The number of fused-ring (bicyclic) bond motifs is 1. The molecule has 7 heteroatoms. The highest BCUT2D eigenvalue weighted by atomic mass is 16.2. The number of carbonyl (C=O) groups is 1. The second-order valence-electron chi connectivity index (χ2n) is 5.81. The zero-order chi connectivity index (χ0) is 16.6. The molecule has 3 N–H and O–H groups in total. The van der Waals surface area contributed by atoms with Crippen LogP contribution in [-0.2, 0) is 6.42 Å². The van der Waals surface area contributed by atoms with E-state index in [1.807, 2.05) is 0 Å². The zero-order valence-corrected chi connectivity index (χ0v) is 13.0. The molecule has 7 nitrogen and oxygen atoms in total. The number of aryl methyl sites for hydroxylation is 2. The molecule has 0 spiro atoms. The Bertz CT molecular complexity index is 882. The topological polar surface area (TPSA) is 108 Å². The summed E-state index contributed by atoms with van der Waals surface area (Å²) in [5, 5.41) is 9.11. The van der Waals surface area contributed by atoms with E-state index in [9.17, 15) is 14.4 Å². The number of aromatic amines is 2. The molecule has 1 atom stereocenters. The van der Waals surface area contributed by atoms with E-state index in [0.717, 1.165) is 30.5 Å². The van der Waals surface area contributed by atoms with Gasteiger partial charge in [-0.2, -0.15) is 5.10 Å². The molecule has 2 heterocycles. The lowest BCUT2D eigenvalue weighted by Gasteiger charge is -2.26. The van der Waals surface area contributed by atoms with E-state index in [1.54, 1.807) is 19.9 Å². The molecular weight excluding hydrogens is 296 g/mol. The molecule has 120 valence electrons. The fraction of sp³-hybridized carbons (Fsp3) is 0.375. The number of rotatable bonds is 2. The first-order valence-electron chi connectivity index (χ1n) is 7.56. The number of aromatic nitrogens is 3. The Morgan fingerprint density at radius 3 is 2.87 bits per heavy atom. The van der Waals surface area contributed by atoms with Gasteiger partial charge in [-0.1, -0.05) is 0 Å². The van der Waals surface area contributed by atoms with Crippen molar-refractivity contribution >= 4 is 5.91 Å². The summed E-state index contributed by atoms with van der Waals surface area (Å²) in [4.78, 5) is 38.7. The standard InChI is InChI=1S/C16H18N4O3/c1-8-9(2)19-20-16(23)14(8)15(22)18-12-5-3-4-11-10(12)6-7-13(21)17-11/h6-7,12H,3-5H2,1-2H3,(H,17,21)(H,18,22)(H,20,23)/t12-/m1/s1. The van der Waals surface area contributed by atoms with Crippen LogP contribution in [0.2, 0.25) is 0 Å². The van der Waals surface area contributed by atoms with Gasteiger partial charge in [-0.25, -0.2) is 5.10 Å². The minimum Gasteiger partial charge on any atom is -0.345 e. The van der Waals surface area contributed by atoms with E-state index >= 15 is 0 Å². The van der Waals surface area contributed by atoms with Gasteiger partial charge in [0.25, 0.3) is 11.5 Å². The monoisotopic (exact) mass is 314 g/mol. The molecule has 2 aromatic rings. The minimum absolute atomic E-state index is 0.0917. The Morgan fingerprint density at radius 2 is 2.09 bits per heavy atom. The SMILES string of the molecule is Cc1n[nH]c(=O)c(C(=O)N[C@@H]2CCCc3[nH]c(=O)ccc32)c1C. The second-order valence-corrected chi connectivity index (χ2v) is 5.81. The van der Waals surface area contributed by atoms with Crippen molar-refractivity contribution in [3.05, 3.63) is 60.9 Å². The highest BCUT2D eigenvalue weighted by Gasteiger charge is 2.25. The molecule has 0 saturated carbocycles. The second kappa shape index (κ2) is 5.83. The van der Waals surface area contributed by atoms with Crippen LogP contribution in [0.15, 0.2) is 21.7 Å². The van der Waals surface area contributed by atoms with Crippen LogP contribution in [-0.4, -0.2) is 21.1 Å². The molecule has 1 aliphatic carbocycles. The molecule has 0 aromatic carbocycles. The number of nitrogens with zero attached hydrogens (tertiary/aromatic N) is 1. The largest absolute Gasteiger partial charge is 0.345 e. The molecule has 0 radical (unpaired) electrons. The lowest BCUT2D eigenvalue weighted by molar-refractivity contribution is 0.0930. The average molecular weight is 314 g/mol. The Labute approximate surface area is 132 Å². The third-order valence-electron chi connectivity index (χ3n) is 4.33. The fourth-order valence-electron chi connectivity index (χ4n) is 2.98. The van der Waals surface area contributed by atoms with Crippen LogP contribution in [0.5, 0.6) is 0 Å². The maximum absolute atomic E-state index is 12.6. The van der Waals surface area contributed by atoms with Gasteiger partial charge in [-0.05, 0) is 50.3 Å². The number of amides is 1. The normalized spacial score (nSPS) is 16.7. The predicted molar refractivity (Wildman–Crippen MR) is 84.5 cm³/mol. The maximum Gasteiger partial charge on any atom is 0.277 e. The average Bonchev–Trinajstić information content (AvgIpc) is 2.51. The Balaban J connectivity index is 1.93. The molecule has 0 bridgehead atoms. The first-order chi connectivity index (χ1) is 11.0. The summed E-state index contributed by atoms with van der Waals surface area (Å²) in [6.07, 6.45) is 2.42. The maximum atomic E-state index is 12.6. The summed E-state index contributed by atoms with van der Waals surface area (Å²) in [5.74, 6) is -0.418. The van der Waals surface area contributed by atoms with E-state index < -0.39 is 11.5 Å². The summed E-state index contributed by atoms with van der Waals surface area (Å²) in [6.45, 7) is 3.45. The molecule has 0 fully saturated rings. The number of nitrogens with one attached hydrogen (secondary N) is 3. The Morgan fingerprint density at radius 1 is 1.30 bits per heavy atom. The molecule has 1 aliphatic rings. The Kier molecular flexibility index (Phi) is 3.85. The van der Waals surface area contributed by atoms with Crippen molar-refractivity contribution in [3.63, 3.8) is 0 Å². The van der Waals surface area contributed by atoms with Crippen LogP contribution in [0.4, 0.5) is 0 Å². The van der Waals surface area contributed by atoms with Gasteiger partial charge in [-0.15, -0.1) is 0 Å². The summed E-state index contributed by atoms with van der Waals surface area (Å²) in [7, 11) is 0. The number of carbonyl (C=O) groups excluding carboxylic acids is 1. The van der Waals surface area contributed by atoms with Gasteiger partial charge in [0.1, 0.15) is 5.56 Å². The quantitative estimate of drug-likeness (QED) is 0.764. The molecule has 3 rings (SSSR count). The van der Waals surface area contributed by atoms with Crippen LogP contribution in [0.25, 0.3) is 0 Å². The van der Waals surface area contributed by atoms with Gasteiger partial charge in [-0.3, -0.25) is 14.4 Å². The highest BCUT2D eigenvalue weighted by Crippen LogP contribution is 2.27. The summed E-state index contributed by atoms with van der Waals surface area (Å²) in [5.41, 5.74) is 2.39. The van der Waals surface area contributed by atoms with Crippen LogP contribution in [0.3, 0.4) is 0 Å². The van der Waals surface area contributed by atoms with E-state index in [2.05, 4.69) is 20.5 Å². The highest BCUT2D eigenvalue weighted by molar-refractivity contribution is 5.95. The van der Waals surface area contributed by atoms with Gasteiger partial charge in [0.2, 0.25) is 5.56 Å². The molecule has 1 amide bonds. The number of hydrogen-bond donors (Lipinski definition) is 3. The van der Waals surface area contributed by atoms with Crippen LogP contribution in [0, 0.1) is 13.8 Å². The molecule has 0 aliphatic heterocycles. The van der Waals surface area contributed by atoms with Crippen molar-refractivity contribution in [2.24, 2.45) is 0 Å². The van der Waals surface area contributed by atoms with Gasteiger partial charge in [0.15, 0.2) is 0 Å². The first-order valence-corrected chi connectivity index (χ1v) is 7.56. The lowest BCUT2D eigenvalue weighted by atomic mass is 9.91. The van der Waals surface area contributed by atoms with Crippen molar-refractivity contribution in [1.82, 2.24) is 20.5 Å². The van der Waals surface area contributed by atoms with Crippen molar-refractivity contribution < 1.29 is 4.79 Å². The van der Waals surface area contributed by atoms with E-state index in [4.69, 9.17) is 0 Å². The number of H-pyrrole nitrogens is 2. The third-order valence-corrected chi connectivity index (χ3v) is 4.33. The van der Waals surface area contributed by atoms with Gasteiger partial charge in [0.05, 0.1) is 11.7 Å². The van der Waals surface area contributed by atoms with E-state index in [1.165, 1.54) is 6.07 Å². The molecular formula is C16H18N4O3. The van der Waals surface area contributed by atoms with E-state index in [0.29, 0.717) is 11.3 Å². The number of hydrogen-bond acceptors (Lipinski definition) is 4. The van der Waals surface area contributed by atoms with Crippen LogP contribution >= 0.6 is 0 Å². The fourth-order valence-corrected chi connectivity index (χ4v) is 2.98. The summed E-state index contributed by atoms with van der Waals surface area (Å²) in [6, 6.07) is 2.99. The zero-order valence-electron chi connectivity index (χ0n) is 13.0. The van der Waals surface area contributed by atoms with Crippen molar-refractivity contribution in [3.8, 4) is 0 Å². The van der Waals surface area contributed by atoms with Gasteiger partial charge >= 0.3 is 0 Å². The van der Waals surface area contributed by atoms with Crippen molar-refractivity contribution in [2.75, 3.05) is 0 Å².